The minimum absolute atomic E-state index is 0.0115. The molecule has 4 rings (SSSR count). The van der Waals surface area contributed by atoms with Gasteiger partial charge in [-0.1, -0.05) is 55.0 Å². The molecule has 2 bridgehead atoms. The fourth-order valence-corrected chi connectivity index (χ4v) is 7.49. The number of benzene rings is 1. The molecule has 0 amide bonds. The number of ketones is 1. The Labute approximate surface area is 187 Å². The van der Waals surface area contributed by atoms with Crippen LogP contribution in [0.5, 0.6) is 0 Å². The van der Waals surface area contributed by atoms with E-state index < -0.39 is 15.5 Å². The normalized spacial score (nSPS) is 29.4. The van der Waals surface area contributed by atoms with Crippen molar-refractivity contribution in [2.75, 3.05) is 5.75 Å². The molecular formula is C23H24N2O4S2. The molecular weight excluding hydrogens is 432 g/mol. The zero-order valence-electron chi connectivity index (χ0n) is 17.7. The van der Waals surface area contributed by atoms with Gasteiger partial charge in [-0.05, 0) is 53.7 Å². The van der Waals surface area contributed by atoms with Crippen LogP contribution < -0.4 is 0 Å². The van der Waals surface area contributed by atoms with Crippen molar-refractivity contribution in [1.29, 1.82) is 5.26 Å². The number of nitrogens with zero attached hydrogens (tertiary/aromatic N) is 2. The molecule has 2 atom stereocenters. The molecule has 2 unspecified atom stereocenters. The summed E-state index contributed by atoms with van der Waals surface area (Å²) in [5, 5.41) is 15.7. The molecule has 31 heavy (non-hydrogen) atoms. The van der Waals surface area contributed by atoms with Gasteiger partial charge in [0.25, 0.3) is 0 Å². The minimum Gasteiger partial charge on any atom is -0.299 e. The van der Waals surface area contributed by atoms with Gasteiger partial charge in [0.15, 0.2) is 0 Å². The molecule has 1 heterocycles. The van der Waals surface area contributed by atoms with E-state index in [0.29, 0.717) is 29.0 Å². The molecule has 0 radical (unpaired) electrons. The standard InChI is InChI=1S/C23H24N2O4S2/c1-15-6-4-5-7-17(15)19(13-24)18-9-11-30-21(18)25-29-31(27,28)14-23-10-8-16(12-20(23)26)22(23,2)3/h4-7,9,11,16H,8,10,12,14H2,1-3H3. The molecule has 6 nitrogen and oxygen atoms in total. The quantitative estimate of drug-likeness (QED) is 0.475. The number of Topliss-reactive ketones (excluding diaryl/α,β-unsaturated/α-hetero) is 1. The molecule has 1 aromatic rings. The van der Waals surface area contributed by atoms with E-state index in [9.17, 15) is 18.5 Å². The third kappa shape index (κ3) is 3.54. The van der Waals surface area contributed by atoms with Gasteiger partial charge in [-0.15, -0.1) is 0 Å². The lowest BCUT2D eigenvalue weighted by atomic mass is 9.70. The van der Waals surface area contributed by atoms with Gasteiger partial charge in [-0.3, -0.25) is 9.08 Å². The van der Waals surface area contributed by atoms with E-state index in [0.717, 1.165) is 17.5 Å². The van der Waals surface area contributed by atoms with Crippen molar-refractivity contribution in [2.45, 2.75) is 40.0 Å². The molecule has 3 aliphatic rings. The Kier molecular flexibility index (Phi) is 5.39. The highest BCUT2D eigenvalue weighted by Gasteiger charge is 2.65. The van der Waals surface area contributed by atoms with Crippen LogP contribution in [0.15, 0.2) is 46.5 Å². The van der Waals surface area contributed by atoms with Gasteiger partial charge < -0.3 is 0 Å². The number of rotatable bonds is 5. The maximum absolute atomic E-state index is 12.8. The monoisotopic (exact) mass is 456 g/mol. The number of carbonyl (C=O) groups is 1. The molecule has 1 aromatic carbocycles. The second-order valence-corrected chi connectivity index (χ2v) is 11.4. The topological polar surface area (TPSA) is 96.6 Å². The van der Waals surface area contributed by atoms with E-state index in [-0.39, 0.29) is 22.9 Å². The summed E-state index contributed by atoms with van der Waals surface area (Å²) in [7, 11) is -4.08. The average Bonchev–Trinajstić information content (AvgIpc) is 3.31. The predicted octanol–water partition coefficient (Wildman–Crippen LogP) is 4.59. The van der Waals surface area contributed by atoms with E-state index in [1.54, 1.807) is 11.5 Å². The first kappa shape index (κ1) is 21.8. The molecule has 0 saturated heterocycles. The van der Waals surface area contributed by atoms with E-state index in [1.807, 2.05) is 45.0 Å². The van der Waals surface area contributed by atoms with E-state index >= 15 is 0 Å². The zero-order valence-corrected chi connectivity index (χ0v) is 19.3. The van der Waals surface area contributed by atoms with E-state index in [1.165, 1.54) is 11.8 Å². The number of oxime groups is 1. The largest absolute Gasteiger partial charge is 0.329 e. The van der Waals surface area contributed by atoms with Crippen LogP contribution in [-0.4, -0.2) is 25.0 Å². The maximum Gasteiger partial charge on any atom is 0.329 e. The summed E-state index contributed by atoms with van der Waals surface area (Å²) in [4.78, 5) is 12.7. The van der Waals surface area contributed by atoms with E-state index in [4.69, 9.17) is 4.28 Å². The Balaban J connectivity index is 1.62. The first-order valence-electron chi connectivity index (χ1n) is 10.2. The highest BCUT2D eigenvalue weighted by atomic mass is 32.2. The van der Waals surface area contributed by atoms with Gasteiger partial charge in [0.05, 0.1) is 11.0 Å². The van der Waals surface area contributed by atoms with Crippen molar-refractivity contribution in [3.63, 3.8) is 0 Å². The lowest BCUT2D eigenvalue weighted by molar-refractivity contribution is -0.128. The Bertz CT molecular complexity index is 1190. The average molecular weight is 457 g/mol. The number of thioether (sulfide) groups is 1. The second-order valence-electron chi connectivity index (χ2n) is 8.98. The Hall–Kier alpha value is -2.37. The smallest absolute Gasteiger partial charge is 0.299 e. The van der Waals surface area contributed by atoms with Crippen molar-refractivity contribution >= 4 is 38.3 Å². The van der Waals surface area contributed by atoms with Gasteiger partial charge in [0.2, 0.25) is 0 Å². The molecule has 0 spiro atoms. The first-order valence-corrected chi connectivity index (χ1v) is 12.6. The molecule has 2 fully saturated rings. The molecule has 0 N–H and O–H groups in total. The van der Waals surface area contributed by atoms with Crippen LogP contribution in [0.4, 0.5) is 0 Å². The van der Waals surface area contributed by atoms with Crippen LogP contribution in [0.3, 0.4) is 0 Å². The number of aryl methyl sites for hydroxylation is 1. The molecule has 1 aliphatic heterocycles. The number of nitriles is 1. The molecule has 162 valence electrons. The van der Waals surface area contributed by atoms with Crippen LogP contribution in [0.25, 0.3) is 5.57 Å². The lowest BCUT2D eigenvalue weighted by Crippen LogP contribution is -2.42. The third-order valence-electron chi connectivity index (χ3n) is 7.24. The second kappa shape index (κ2) is 7.64. The van der Waals surface area contributed by atoms with Gasteiger partial charge in [0, 0.05) is 12.0 Å². The summed E-state index contributed by atoms with van der Waals surface area (Å²) in [5.74, 6) is -0.130. The number of carbonyl (C=O) groups excluding carboxylic acids is 1. The number of hydrogen-bond donors (Lipinski definition) is 0. The van der Waals surface area contributed by atoms with Gasteiger partial charge >= 0.3 is 10.1 Å². The lowest BCUT2D eigenvalue weighted by Gasteiger charge is -2.35. The SMILES string of the molecule is Cc1ccccc1C(C#N)=C1C=CSC1=NOS(=O)(=O)CC12CCC(CC1=O)C2(C)C. The fourth-order valence-electron chi connectivity index (χ4n) is 5.21. The summed E-state index contributed by atoms with van der Waals surface area (Å²) < 4.78 is 30.7. The van der Waals surface area contributed by atoms with Gasteiger partial charge in [0.1, 0.15) is 22.6 Å². The summed E-state index contributed by atoms with van der Waals surface area (Å²) in [6, 6.07) is 9.70. The van der Waals surface area contributed by atoms with Gasteiger partial charge in [-0.25, -0.2) is 0 Å². The van der Waals surface area contributed by atoms with Crippen LogP contribution in [0, 0.1) is 35.0 Å². The highest BCUT2D eigenvalue weighted by molar-refractivity contribution is 8.17. The van der Waals surface area contributed by atoms with E-state index in [2.05, 4.69) is 11.2 Å². The third-order valence-corrected chi connectivity index (χ3v) is 9.17. The van der Waals surface area contributed by atoms with Gasteiger partial charge in [-0.2, -0.15) is 13.7 Å². The van der Waals surface area contributed by atoms with Crippen LogP contribution in [0.2, 0.25) is 0 Å². The molecule has 2 aliphatic carbocycles. The molecule has 8 heteroatoms. The van der Waals surface area contributed by atoms with Crippen molar-refractivity contribution in [3.8, 4) is 6.07 Å². The zero-order chi connectivity index (χ0) is 22.4. The maximum atomic E-state index is 12.8. The van der Waals surface area contributed by atoms with Crippen molar-refractivity contribution < 1.29 is 17.5 Å². The fraction of sp³-hybridized carbons (Fsp3) is 0.435. The Morgan fingerprint density at radius 3 is 2.71 bits per heavy atom. The Morgan fingerprint density at radius 1 is 1.35 bits per heavy atom. The predicted molar refractivity (Wildman–Crippen MR) is 121 cm³/mol. The van der Waals surface area contributed by atoms with Crippen molar-refractivity contribution in [2.24, 2.45) is 21.9 Å². The first-order chi connectivity index (χ1) is 14.6. The Morgan fingerprint density at radius 2 is 2.10 bits per heavy atom. The number of fused-ring (bicyclic) bond motifs is 2. The number of hydrogen-bond acceptors (Lipinski definition) is 7. The van der Waals surface area contributed by atoms with Crippen LogP contribution in [-0.2, 0) is 19.2 Å². The van der Waals surface area contributed by atoms with Crippen LogP contribution in [0.1, 0.15) is 44.2 Å². The number of allylic oxidation sites excluding steroid dienone is 2. The summed E-state index contributed by atoms with van der Waals surface area (Å²) in [5.41, 5.74) is 1.34. The molecule has 0 aromatic heterocycles. The highest BCUT2D eigenvalue weighted by Crippen LogP contribution is 2.64. The van der Waals surface area contributed by atoms with Crippen molar-refractivity contribution in [3.05, 3.63) is 52.4 Å². The summed E-state index contributed by atoms with van der Waals surface area (Å²) >= 11 is 1.20. The minimum atomic E-state index is -4.08. The molecule has 2 saturated carbocycles. The van der Waals surface area contributed by atoms with Crippen molar-refractivity contribution in [1.82, 2.24) is 0 Å². The summed E-state index contributed by atoms with van der Waals surface area (Å²) in [6.07, 6.45) is 3.59. The summed E-state index contributed by atoms with van der Waals surface area (Å²) in [6.45, 7) is 5.87. The van der Waals surface area contributed by atoms with Crippen LogP contribution >= 0.6 is 11.8 Å².